The fourth-order valence-electron chi connectivity index (χ4n) is 4.30. The van der Waals surface area contributed by atoms with Gasteiger partial charge in [-0.2, -0.15) is 0 Å². The number of fused-ring (bicyclic) bond motifs is 1. The summed E-state index contributed by atoms with van der Waals surface area (Å²) in [4.78, 5) is 17.1. The van der Waals surface area contributed by atoms with Crippen LogP contribution >= 0.6 is 0 Å². The Kier molecular flexibility index (Phi) is 8.93. The molecule has 0 fully saturated rings. The number of nitrogens with zero attached hydrogens (tertiary/aromatic N) is 2. The minimum absolute atomic E-state index is 0.107. The molecule has 4 aromatic rings. The van der Waals surface area contributed by atoms with Crippen molar-refractivity contribution in [1.29, 1.82) is 0 Å². The highest BCUT2D eigenvalue weighted by atomic mass is 16.5. The van der Waals surface area contributed by atoms with Gasteiger partial charge in [-0.1, -0.05) is 54.6 Å². The summed E-state index contributed by atoms with van der Waals surface area (Å²) in [6.07, 6.45) is 5.01. The maximum atomic E-state index is 12.2. The van der Waals surface area contributed by atoms with E-state index < -0.39 is 0 Å². The molecule has 0 saturated heterocycles. The molecular weight excluding hydrogens is 434 g/mol. The number of hydrogen-bond donors (Lipinski definition) is 1. The molecule has 0 saturated carbocycles. The van der Waals surface area contributed by atoms with Gasteiger partial charge >= 0.3 is 0 Å². The summed E-state index contributed by atoms with van der Waals surface area (Å²) in [6, 6.07) is 26.6. The quantitative estimate of drug-likeness (QED) is 0.249. The van der Waals surface area contributed by atoms with Crippen molar-refractivity contribution in [3.8, 4) is 5.75 Å². The van der Waals surface area contributed by atoms with Crippen LogP contribution in [0.1, 0.15) is 42.6 Å². The van der Waals surface area contributed by atoms with Crippen LogP contribution in [0.25, 0.3) is 11.0 Å². The number of ether oxygens (including phenoxy) is 1. The smallest absolute Gasteiger partial charge is 0.220 e. The van der Waals surface area contributed by atoms with Gasteiger partial charge in [0.2, 0.25) is 5.91 Å². The number of rotatable bonds is 13. The van der Waals surface area contributed by atoms with E-state index in [2.05, 4.69) is 59.3 Å². The summed E-state index contributed by atoms with van der Waals surface area (Å²) in [5.74, 6) is 2.13. The molecule has 4 rings (SSSR count). The predicted molar refractivity (Wildman–Crippen MR) is 142 cm³/mol. The molecular formula is C30H35N3O2. The Labute approximate surface area is 208 Å². The van der Waals surface area contributed by atoms with E-state index in [0.29, 0.717) is 19.6 Å². The third-order valence-corrected chi connectivity index (χ3v) is 6.15. The van der Waals surface area contributed by atoms with Gasteiger partial charge in [0.05, 0.1) is 17.6 Å². The van der Waals surface area contributed by atoms with Crippen molar-refractivity contribution in [2.75, 3.05) is 13.2 Å². The number of benzene rings is 3. The third kappa shape index (κ3) is 7.44. The average Bonchev–Trinajstić information content (AvgIpc) is 3.23. The summed E-state index contributed by atoms with van der Waals surface area (Å²) >= 11 is 0. The lowest BCUT2D eigenvalue weighted by molar-refractivity contribution is -0.121. The minimum Gasteiger partial charge on any atom is -0.494 e. The molecule has 3 aromatic carbocycles. The number of hydrogen-bond acceptors (Lipinski definition) is 3. The van der Waals surface area contributed by atoms with Crippen molar-refractivity contribution in [3.63, 3.8) is 0 Å². The topological polar surface area (TPSA) is 56.1 Å². The Balaban J connectivity index is 1.23. The van der Waals surface area contributed by atoms with E-state index in [-0.39, 0.29) is 5.91 Å². The second-order valence-corrected chi connectivity index (χ2v) is 8.98. The minimum atomic E-state index is 0.107. The molecule has 35 heavy (non-hydrogen) atoms. The zero-order chi connectivity index (χ0) is 24.3. The molecule has 0 atom stereocenters. The van der Waals surface area contributed by atoms with Crippen LogP contribution in [0.4, 0.5) is 0 Å². The highest BCUT2D eigenvalue weighted by molar-refractivity contribution is 5.76. The Hall–Kier alpha value is -3.60. The van der Waals surface area contributed by atoms with Gasteiger partial charge in [0.25, 0.3) is 0 Å². The molecule has 5 heteroatoms. The molecule has 0 unspecified atom stereocenters. The van der Waals surface area contributed by atoms with E-state index >= 15 is 0 Å². The molecule has 1 amide bonds. The molecule has 0 bridgehead atoms. The fraction of sp³-hybridized carbons (Fsp3) is 0.333. The molecule has 0 aliphatic rings. The number of unbranched alkanes of at least 4 members (excludes halogenated alkanes) is 1. The second-order valence-electron chi connectivity index (χ2n) is 8.98. The van der Waals surface area contributed by atoms with Crippen LogP contribution in [0.15, 0.2) is 78.9 Å². The number of aryl methyl sites for hydroxylation is 4. The largest absolute Gasteiger partial charge is 0.494 e. The van der Waals surface area contributed by atoms with Gasteiger partial charge in [-0.3, -0.25) is 4.79 Å². The van der Waals surface area contributed by atoms with Crippen LogP contribution in [0, 0.1) is 6.92 Å². The molecule has 0 aliphatic carbocycles. The van der Waals surface area contributed by atoms with E-state index in [4.69, 9.17) is 9.72 Å². The number of para-hydroxylation sites is 2. The first kappa shape index (κ1) is 24.5. The lowest BCUT2D eigenvalue weighted by Crippen LogP contribution is -2.25. The number of nitrogens with one attached hydrogen (secondary N) is 1. The van der Waals surface area contributed by atoms with Crippen molar-refractivity contribution < 1.29 is 9.53 Å². The third-order valence-electron chi connectivity index (χ3n) is 6.15. The summed E-state index contributed by atoms with van der Waals surface area (Å²) in [7, 11) is 0. The zero-order valence-electron chi connectivity index (χ0n) is 20.6. The number of carbonyl (C=O) groups excluding carboxylic acids is 1. The van der Waals surface area contributed by atoms with E-state index in [1.165, 1.54) is 16.6 Å². The lowest BCUT2D eigenvalue weighted by Gasteiger charge is -2.11. The normalized spacial score (nSPS) is 11.0. The average molecular weight is 470 g/mol. The van der Waals surface area contributed by atoms with E-state index in [0.717, 1.165) is 55.7 Å². The summed E-state index contributed by atoms with van der Waals surface area (Å²) in [5.41, 5.74) is 4.62. The highest BCUT2D eigenvalue weighted by Crippen LogP contribution is 2.18. The van der Waals surface area contributed by atoms with Gasteiger partial charge in [0.1, 0.15) is 11.6 Å². The van der Waals surface area contributed by atoms with Crippen LogP contribution < -0.4 is 10.1 Å². The molecule has 5 nitrogen and oxygen atoms in total. The maximum absolute atomic E-state index is 12.2. The van der Waals surface area contributed by atoms with Gasteiger partial charge < -0.3 is 14.6 Å². The Morgan fingerprint density at radius 1 is 0.914 bits per heavy atom. The van der Waals surface area contributed by atoms with Crippen molar-refractivity contribution in [3.05, 3.63) is 95.8 Å². The molecule has 1 N–H and O–H groups in total. The van der Waals surface area contributed by atoms with Crippen molar-refractivity contribution in [1.82, 2.24) is 14.9 Å². The van der Waals surface area contributed by atoms with Crippen LogP contribution in [0.2, 0.25) is 0 Å². The monoisotopic (exact) mass is 469 g/mol. The summed E-state index contributed by atoms with van der Waals surface area (Å²) in [5, 5.41) is 3.06. The van der Waals surface area contributed by atoms with E-state index in [1.807, 2.05) is 36.4 Å². The van der Waals surface area contributed by atoms with Crippen molar-refractivity contribution in [2.45, 2.75) is 52.0 Å². The van der Waals surface area contributed by atoms with E-state index in [9.17, 15) is 4.79 Å². The molecule has 182 valence electrons. The first-order valence-electron chi connectivity index (χ1n) is 12.6. The standard InChI is InChI=1S/C30H35N3O2/c1-24-11-9-14-26(23-24)35-22-8-7-21-33-28-16-6-5-15-27(28)32-29(33)17-10-20-31-30(34)19-18-25-12-3-2-4-13-25/h2-6,9,11-16,23H,7-8,10,17-22H2,1H3,(H,31,34). The number of imidazole rings is 1. The highest BCUT2D eigenvalue weighted by Gasteiger charge is 2.10. The Morgan fingerprint density at radius 2 is 1.74 bits per heavy atom. The number of amides is 1. The maximum Gasteiger partial charge on any atom is 0.220 e. The first-order chi connectivity index (χ1) is 17.2. The predicted octanol–water partition coefficient (Wildman–Crippen LogP) is 5.89. The van der Waals surface area contributed by atoms with Gasteiger partial charge in [0, 0.05) is 25.9 Å². The van der Waals surface area contributed by atoms with Crippen LogP contribution in [0.5, 0.6) is 5.75 Å². The summed E-state index contributed by atoms with van der Waals surface area (Å²) < 4.78 is 8.24. The van der Waals surface area contributed by atoms with Gasteiger partial charge in [0.15, 0.2) is 0 Å². The molecule has 0 spiro atoms. The van der Waals surface area contributed by atoms with Gasteiger partial charge in [-0.15, -0.1) is 0 Å². The van der Waals surface area contributed by atoms with Gasteiger partial charge in [-0.05, 0) is 68.0 Å². The van der Waals surface area contributed by atoms with Crippen LogP contribution in [0.3, 0.4) is 0 Å². The number of aromatic nitrogens is 2. The SMILES string of the molecule is Cc1cccc(OCCCCn2c(CCCNC(=O)CCc3ccccc3)nc3ccccc32)c1. The first-order valence-corrected chi connectivity index (χ1v) is 12.6. The zero-order valence-corrected chi connectivity index (χ0v) is 20.6. The molecule has 0 radical (unpaired) electrons. The molecule has 1 aromatic heterocycles. The van der Waals surface area contributed by atoms with Crippen LogP contribution in [-0.2, 0) is 24.2 Å². The fourth-order valence-corrected chi connectivity index (χ4v) is 4.30. The Bertz CT molecular complexity index is 1220. The Morgan fingerprint density at radius 3 is 2.60 bits per heavy atom. The van der Waals surface area contributed by atoms with Gasteiger partial charge in [-0.25, -0.2) is 4.98 Å². The number of carbonyl (C=O) groups is 1. The molecule has 0 aliphatic heterocycles. The second kappa shape index (κ2) is 12.7. The molecule has 1 heterocycles. The lowest BCUT2D eigenvalue weighted by atomic mass is 10.1. The van der Waals surface area contributed by atoms with Crippen molar-refractivity contribution in [2.24, 2.45) is 0 Å². The summed E-state index contributed by atoms with van der Waals surface area (Å²) in [6.45, 7) is 4.37. The van der Waals surface area contributed by atoms with E-state index in [1.54, 1.807) is 0 Å². The van der Waals surface area contributed by atoms with Crippen molar-refractivity contribution >= 4 is 16.9 Å². The van der Waals surface area contributed by atoms with Crippen LogP contribution in [-0.4, -0.2) is 28.6 Å².